The second kappa shape index (κ2) is 6.10. The molecule has 2 aliphatic heterocycles. The molecule has 0 aliphatic carbocycles. The molecule has 22 heavy (non-hydrogen) atoms. The molecule has 118 valence electrons. The summed E-state index contributed by atoms with van der Waals surface area (Å²) in [5.41, 5.74) is 3.89. The summed E-state index contributed by atoms with van der Waals surface area (Å²) in [7, 11) is 0. The van der Waals surface area contributed by atoms with E-state index in [2.05, 4.69) is 40.2 Å². The van der Waals surface area contributed by atoms with E-state index in [1.165, 1.54) is 21.9 Å². The van der Waals surface area contributed by atoms with Crippen LogP contribution in [-0.4, -0.2) is 35.9 Å². The van der Waals surface area contributed by atoms with Crippen LogP contribution in [0.1, 0.15) is 16.7 Å². The minimum atomic E-state index is 0. The Kier molecular flexibility index (Phi) is 4.49. The predicted octanol–water partition coefficient (Wildman–Crippen LogP) is -0.0408. The fourth-order valence-corrected chi connectivity index (χ4v) is 4.23. The van der Waals surface area contributed by atoms with E-state index in [9.17, 15) is 5.11 Å². The third-order valence-electron chi connectivity index (χ3n) is 5.00. The summed E-state index contributed by atoms with van der Waals surface area (Å²) in [5, 5.41) is 12.3. The number of ether oxygens (including phenoxy) is 1. The summed E-state index contributed by atoms with van der Waals surface area (Å²) in [6.45, 7) is 6.11. The molecule has 0 unspecified atom stereocenters. The van der Waals surface area contributed by atoms with E-state index in [0.717, 1.165) is 53.9 Å². The van der Waals surface area contributed by atoms with Gasteiger partial charge in [0, 0.05) is 15.6 Å². The molecule has 4 rings (SSSR count). The minimum Gasteiger partial charge on any atom is -1.00 e. The number of quaternary nitrogens is 1. The fraction of sp³-hybridized carbons (Fsp3) is 0.412. The molecule has 1 fully saturated rings. The van der Waals surface area contributed by atoms with E-state index < -0.39 is 0 Å². The molecule has 1 spiro atoms. The van der Waals surface area contributed by atoms with Gasteiger partial charge in [0.05, 0.1) is 19.8 Å². The van der Waals surface area contributed by atoms with Crippen LogP contribution in [0, 0.1) is 0 Å². The van der Waals surface area contributed by atoms with E-state index in [0.29, 0.717) is 0 Å². The van der Waals surface area contributed by atoms with Crippen LogP contribution in [0.15, 0.2) is 28.7 Å². The number of rotatable bonds is 1. The van der Waals surface area contributed by atoms with Crippen molar-refractivity contribution in [2.75, 3.05) is 26.3 Å². The lowest BCUT2D eigenvalue weighted by Gasteiger charge is -2.37. The number of hydrogen-bond acceptors (Lipinski definition) is 2. The van der Waals surface area contributed by atoms with Crippen LogP contribution in [0.4, 0.5) is 0 Å². The normalized spacial score (nSPS) is 19.2. The molecule has 3 nitrogen and oxygen atoms in total. The van der Waals surface area contributed by atoms with Crippen molar-refractivity contribution < 1.29 is 26.7 Å². The van der Waals surface area contributed by atoms with E-state index >= 15 is 0 Å². The number of aliphatic hydroxyl groups is 1. The van der Waals surface area contributed by atoms with Crippen molar-refractivity contribution in [1.29, 1.82) is 0 Å². The lowest BCUT2D eigenvalue weighted by Crippen LogP contribution is -3.00. The fourth-order valence-electron chi connectivity index (χ4n) is 3.86. The van der Waals surface area contributed by atoms with Gasteiger partial charge in [-0.1, -0.05) is 22.0 Å². The summed E-state index contributed by atoms with van der Waals surface area (Å²) < 4.78 is 7.70. The predicted molar refractivity (Wildman–Crippen MR) is 85.8 cm³/mol. The van der Waals surface area contributed by atoms with Crippen LogP contribution in [0.25, 0.3) is 10.8 Å². The molecule has 0 radical (unpaired) electrons. The third-order valence-corrected chi connectivity index (χ3v) is 5.49. The van der Waals surface area contributed by atoms with Gasteiger partial charge in [0.15, 0.2) is 0 Å². The maximum Gasteiger partial charge on any atom is 0.106 e. The third kappa shape index (κ3) is 2.57. The molecule has 0 saturated carbocycles. The molecule has 0 aromatic heterocycles. The van der Waals surface area contributed by atoms with Crippen molar-refractivity contribution >= 4 is 26.7 Å². The largest absolute Gasteiger partial charge is 1.00 e. The van der Waals surface area contributed by atoms with Crippen molar-refractivity contribution in [2.24, 2.45) is 0 Å². The Balaban J connectivity index is 0.00000144. The maximum absolute atomic E-state index is 9.93. The zero-order valence-corrected chi connectivity index (χ0v) is 14.7. The Labute approximate surface area is 145 Å². The minimum absolute atomic E-state index is 0. The van der Waals surface area contributed by atoms with E-state index in [4.69, 9.17) is 4.74 Å². The zero-order chi connectivity index (χ0) is 14.4. The number of fused-ring (bicyclic) bond motifs is 2. The highest BCUT2D eigenvalue weighted by molar-refractivity contribution is 9.10. The average Bonchev–Trinajstić information content (AvgIpc) is 2.82. The Hall–Kier alpha value is -0.650. The van der Waals surface area contributed by atoms with Gasteiger partial charge in [0.2, 0.25) is 0 Å². The first kappa shape index (κ1) is 16.2. The highest BCUT2D eigenvalue weighted by atomic mass is 79.9. The van der Waals surface area contributed by atoms with E-state index in [1.807, 2.05) is 0 Å². The van der Waals surface area contributed by atoms with Crippen molar-refractivity contribution in [2.45, 2.75) is 19.7 Å². The van der Waals surface area contributed by atoms with Gasteiger partial charge >= 0.3 is 0 Å². The molecule has 2 heterocycles. The summed E-state index contributed by atoms with van der Waals surface area (Å²) in [4.78, 5) is 0. The first-order valence-electron chi connectivity index (χ1n) is 7.47. The van der Waals surface area contributed by atoms with Crippen LogP contribution in [0.2, 0.25) is 0 Å². The standard InChI is InChI=1S/C17H19BrNO2.ClH/c18-14-2-1-12-7-13-9-19(3-5-21-6-4-19)10-16(13)17(11-20)15(12)8-14;/h1-2,7-8,20H,3-6,9-11H2;1H/q+1;/p-1. The highest BCUT2D eigenvalue weighted by Gasteiger charge is 2.39. The van der Waals surface area contributed by atoms with Gasteiger partial charge in [-0.3, -0.25) is 0 Å². The smallest absolute Gasteiger partial charge is 0.106 e. The monoisotopic (exact) mass is 383 g/mol. The number of halogens is 2. The van der Waals surface area contributed by atoms with Crippen molar-refractivity contribution in [3.8, 4) is 0 Å². The molecular weight excluding hydrogens is 366 g/mol. The molecule has 5 heteroatoms. The number of morpholine rings is 1. The van der Waals surface area contributed by atoms with Gasteiger partial charge in [0.25, 0.3) is 0 Å². The summed E-state index contributed by atoms with van der Waals surface area (Å²) in [5.74, 6) is 0. The molecule has 0 bridgehead atoms. The molecule has 2 aliphatic rings. The van der Waals surface area contributed by atoms with Crippen LogP contribution in [0.3, 0.4) is 0 Å². The van der Waals surface area contributed by atoms with Crippen LogP contribution in [0.5, 0.6) is 0 Å². The second-order valence-electron chi connectivity index (χ2n) is 6.23. The van der Waals surface area contributed by atoms with Crippen molar-refractivity contribution in [3.05, 3.63) is 45.4 Å². The lowest BCUT2D eigenvalue weighted by atomic mass is 9.96. The molecule has 2 aromatic rings. The number of aliphatic hydroxyl groups excluding tert-OH is 1. The average molecular weight is 385 g/mol. The molecular formula is C17H19BrClNO2. The molecule has 1 saturated heterocycles. The van der Waals surface area contributed by atoms with E-state index in [1.54, 1.807) is 0 Å². The first-order valence-corrected chi connectivity index (χ1v) is 8.27. The first-order chi connectivity index (χ1) is 10.2. The Morgan fingerprint density at radius 2 is 1.91 bits per heavy atom. The SMILES string of the molecule is OCc1c2c(cc3ccc(Br)cc13)C[N+]1(CCOCC1)C2.[Cl-]. The number of benzene rings is 2. The quantitative estimate of drug-likeness (QED) is 0.699. The number of nitrogens with zero attached hydrogens (tertiary/aromatic N) is 1. The molecule has 0 atom stereocenters. The Morgan fingerprint density at radius 3 is 2.64 bits per heavy atom. The lowest BCUT2D eigenvalue weighted by molar-refractivity contribution is -0.953. The van der Waals surface area contributed by atoms with Crippen molar-refractivity contribution in [3.63, 3.8) is 0 Å². The van der Waals surface area contributed by atoms with Crippen molar-refractivity contribution in [1.82, 2.24) is 0 Å². The van der Waals surface area contributed by atoms with Crippen LogP contribution < -0.4 is 12.4 Å². The second-order valence-corrected chi connectivity index (χ2v) is 7.15. The maximum atomic E-state index is 9.93. The highest BCUT2D eigenvalue weighted by Crippen LogP contribution is 2.38. The Morgan fingerprint density at radius 1 is 1.14 bits per heavy atom. The van der Waals surface area contributed by atoms with Gasteiger partial charge in [-0.15, -0.1) is 0 Å². The van der Waals surface area contributed by atoms with Gasteiger partial charge in [-0.2, -0.15) is 0 Å². The van der Waals surface area contributed by atoms with Gasteiger partial charge in [-0.05, 0) is 34.5 Å². The van der Waals surface area contributed by atoms with E-state index in [-0.39, 0.29) is 19.0 Å². The number of hydrogen-bond donors (Lipinski definition) is 1. The molecule has 0 amide bonds. The van der Waals surface area contributed by atoms with Gasteiger partial charge in [0.1, 0.15) is 26.2 Å². The topological polar surface area (TPSA) is 29.5 Å². The van der Waals surface area contributed by atoms with Crippen LogP contribution >= 0.6 is 15.9 Å². The summed E-state index contributed by atoms with van der Waals surface area (Å²) in [6, 6.07) is 8.66. The summed E-state index contributed by atoms with van der Waals surface area (Å²) >= 11 is 3.54. The Bertz CT molecular complexity index is 713. The van der Waals surface area contributed by atoms with Gasteiger partial charge in [-0.25, -0.2) is 0 Å². The van der Waals surface area contributed by atoms with Crippen LogP contribution in [-0.2, 0) is 24.4 Å². The zero-order valence-electron chi connectivity index (χ0n) is 12.3. The summed E-state index contributed by atoms with van der Waals surface area (Å²) in [6.07, 6.45) is 0. The molecule has 2 aromatic carbocycles. The van der Waals surface area contributed by atoms with Gasteiger partial charge < -0.3 is 26.7 Å². The molecule has 1 N–H and O–H groups in total.